The Kier molecular flexibility index (Phi) is 11.6. The highest BCUT2D eigenvalue weighted by Gasteiger charge is 2.35. The number of rotatable bonds is 14. The van der Waals surface area contributed by atoms with E-state index in [4.69, 9.17) is 4.74 Å². The minimum absolute atomic E-state index is 0.0162. The minimum Gasteiger partial charge on any atom is -0.497 e. The zero-order valence-electron chi connectivity index (χ0n) is 27.1. The molecule has 8 nitrogen and oxygen atoms in total. The first-order chi connectivity index (χ1) is 22.0. The summed E-state index contributed by atoms with van der Waals surface area (Å²) in [6.07, 6.45) is 0.979. The van der Waals surface area contributed by atoms with Crippen molar-refractivity contribution in [2.75, 3.05) is 18.0 Å². The van der Waals surface area contributed by atoms with Crippen molar-refractivity contribution in [3.8, 4) is 5.75 Å². The summed E-state index contributed by atoms with van der Waals surface area (Å²) in [5, 5.41) is 3.07. The lowest BCUT2D eigenvalue weighted by atomic mass is 10.0. The van der Waals surface area contributed by atoms with Crippen molar-refractivity contribution in [2.45, 2.75) is 64.1 Å². The van der Waals surface area contributed by atoms with E-state index in [2.05, 4.69) is 5.32 Å². The van der Waals surface area contributed by atoms with Crippen LogP contribution in [0.25, 0.3) is 0 Å². The molecule has 0 aliphatic carbocycles. The highest BCUT2D eigenvalue weighted by Crippen LogP contribution is 2.27. The number of aryl methyl sites for hydroxylation is 2. The number of nitrogens with one attached hydrogen (secondary N) is 1. The molecule has 0 saturated heterocycles. The van der Waals surface area contributed by atoms with Crippen LogP contribution in [0.4, 0.5) is 5.69 Å². The number of carbonyl (C=O) groups is 2. The molecule has 0 aliphatic heterocycles. The zero-order chi connectivity index (χ0) is 33.3. The number of benzene rings is 4. The summed E-state index contributed by atoms with van der Waals surface area (Å²) in [6.45, 7) is 7.39. The van der Waals surface area contributed by atoms with Gasteiger partial charge in [-0.2, -0.15) is 0 Å². The normalized spacial score (nSPS) is 12.5. The predicted molar refractivity (Wildman–Crippen MR) is 182 cm³/mol. The summed E-state index contributed by atoms with van der Waals surface area (Å²) in [7, 11) is -2.69. The van der Waals surface area contributed by atoms with Gasteiger partial charge in [-0.1, -0.05) is 79.2 Å². The third-order valence-corrected chi connectivity index (χ3v) is 9.91. The molecule has 4 rings (SSSR count). The second-order valence-electron chi connectivity index (χ2n) is 11.5. The number of ether oxygens (including phenoxy) is 1. The van der Waals surface area contributed by atoms with Gasteiger partial charge in [0.05, 0.1) is 17.7 Å². The Labute approximate surface area is 273 Å². The van der Waals surface area contributed by atoms with E-state index in [1.807, 2.05) is 82.3 Å². The Bertz CT molecular complexity index is 1710. The monoisotopic (exact) mass is 641 g/mol. The largest absolute Gasteiger partial charge is 0.497 e. The van der Waals surface area contributed by atoms with Crippen molar-refractivity contribution in [1.29, 1.82) is 0 Å². The number of amides is 2. The van der Waals surface area contributed by atoms with Crippen LogP contribution in [-0.2, 0) is 32.6 Å². The lowest BCUT2D eigenvalue weighted by molar-refractivity contribution is -0.140. The highest BCUT2D eigenvalue weighted by atomic mass is 32.2. The summed E-state index contributed by atoms with van der Waals surface area (Å²) in [5.74, 6) is -0.279. The quantitative estimate of drug-likeness (QED) is 0.181. The molecule has 0 fully saturated rings. The molecule has 2 amide bonds. The second-order valence-corrected chi connectivity index (χ2v) is 13.4. The van der Waals surface area contributed by atoms with Crippen LogP contribution in [0.5, 0.6) is 5.75 Å². The Balaban J connectivity index is 1.81. The lowest BCUT2D eigenvalue weighted by Gasteiger charge is -2.34. The van der Waals surface area contributed by atoms with Crippen molar-refractivity contribution in [3.05, 3.63) is 125 Å². The molecule has 2 atom stereocenters. The molecular formula is C37H43N3O5S. The molecule has 2 unspecified atom stereocenters. The van der Waals surface area contributed by atoms with E-state index >= 15 is 0 Å². The number of hydrogen-bond donors (Lipinski definition) is 1. The van der Waals surface area contributed by atoms with Gasteiger partial charge in [0.25, 0.3) is 10.0 Å². The summed E-state index contributed by atoms with van der Waals surface area (Å²) in [5.41, 5.74) is 4.00. The van der Waals surface area contributed by atoms with Crippen molar-refractivity contribution in [2.24, 2.45) is 0 Å². The van der Waals surface area contributed by atoms with Crippen molar-refractivity contribution < 1.29 is 22.7 Å². The number of sulfonamides is 1. The van der Waals surface area contributed by atoms with Gasteiger partial charge in [0.1, 0.15) is 18.3 Å². The van der Waals surface area contributed by atoms with E-state index in [-0.39, 0.29) is 29.8 Å². The average molecular weight is 642 g/mol. The van der Waals surface area contributed by atoms with Crippen molar-refractivity contribution in [3.63, 3.8) is 0 Å². The Morgan fingerprint density at radius 3 is 2.09 bits per heavy atom. The standard InChI is InChI=1S/C37H43N3O5S/c1-6-29(4)38-37(42)35(24-30-13-8-7-9-14-30)39(25-31-15-11-10-12-28(31)3)36(41)26-40(32-18-16-27(2)17-19-32)46(43,44)34-22-20-33(45-5)21-23-34/h7-23,29,35H,6,24-26H2,1-5H3,(H,38,42). The number of nitrogens with zero attached hydrogens (tertiary/aromatic N) is 2. The number of carbonyl (C=O) groups excluding carboxylic acids is 2. The van der Waals surface area contributed by atoms with Gasteiger partial charge in [-0.05, 0) is 80.3 Å². The highest BCUT2D eigenvalue weighted by molar-refractivity contribution is 7.92. The molecule has 4 aromatic carbocycles. The molecule has 0 spiro atoms. The van der Waals surface area contributed by atoms with E-state index < -0.39 is 28.5 Å². The second kappa shape index (κ2) is 15.6. The molecule has 0 aromatic heterocycles. The third kappa shape index (κ3) is 8.54. The van der Waals surface area contributed by atoms with Gasteiger partial charge in [-0.15, -0.1) is 0 Å². The zero-order valence-corrected chi connectivity index (χ0v) is 28.0. The Morgan fingerprint density at radius 2 is 1.48 bits per heavy atom. The maximum absolute atomic E-state index is 14.6. The van der Waals surface area contributed by atoms with Gasteiger partial charge >= 0.3 is 0 Å². The van der Waals surface area contributed by atoms with E-state index in [1.54, 1.807) is 36.4 Å². The first kappa shape index (κ1) is 34.2. The lowest BCUT2D eigenvalue weighted by Crippen LogP contribution is -2.54. The number of anilines is 1. The van der Waals surface area contributed by atoms with E-state index in [1.165, 1.54) is 24.1 Å². The number of methoxy groups -OCH3 is 1. The summed E-state index contributed by atoms with van der Waals surface area (Å²) >= 11 is 0. The van der Waals surface area contributed by atoms with Crippen LogP contribution in [0.15, 0.2) is 108 Å². The summed E-state index contributed by atoms with van der Waals surface area (Å²) in [4.78, 5) is 30.1. The fraction of sp³-hybridized carbons (Fsp3) is 0.297. The fourth-order valence-electron chi connectivity index (χ4n) is 5.08. The van der Waals surface area contributed by atoms with Crippen molar-refractivity contribution in [1.82, 2.24) is 10.2 Å². The van der Waals surface area contributed by atoms with Crippen LogP contribution < -0.4 is 14.4 Å². The number of hydrogen-bond acceptors (Lipinski definition) is 5. The molecule has 0 radical (unpaired) electrons. The smallest absolute Gasteiger partial charge is 0.264 e. The first-order valence-electron chi connectivity index (χ1n) is 15.4. The average Bonchev–Trinajstić information content (AvgIpc) is 3.06. The molecule has 242 valence electrons. The van der Waals surface area contributed by atoms with Crippen LogP contribution in [0.3, 0.4) is 0 Å². The van der Waals surface area contributed by atoms with E-state index in [9.17, 15) is 18.0 Å². The first-order valence-corrected chi connectivity index (χ1v) is 16.9. The Morgan fingerprint density at radius 1 is 0.848 bits per heavy atom. The van der Waals surface area contributed by atoms with Gasteiger partial charge in [-0.25, -0.2) is 8.42 Å². The summed E-state index contributed by atoms with van der Waals surface area (Å²) < 4.78 is 34.8. The van der Waals surface area contributed by atoms with E-state index in [0.29, 0.717) is 11.4 Å². The van der Waals surface area contributed by atoms with Crippen LogP contribution in [0, 0.1) is 13.8 Å². The van der Waals surface area contributed by atoms with Crippen LogP contribution in [0.2, 0.25) is 0 Å². The third-order valence-electron chi connectivity index (χ3n) is 8.12. The molecule has 4 aromatic rings. The molecule has 1 N–H and O–H groups in total. The van der Waals surface area contributed by atoms with Crippen LogP contribution in [0.1, 0.15) is 42.5 Å². The molecule has 0 bridgehead atoms. The van der Waals surface area contributed by atoms with Gasteiger partial charge in [0.15, 0.2) is 0 Å². The maximum Gasteiger partial charge on any atom is 0.264 e. The summed E-state index contributed by atoms with van der Waals surface area (Å²) in [6, 6.07) is 29.3. The predicted octanol–water partition coefficient (Wildman–Crippen LogP) is 6.06. The molecule has 0 aliphatic rings. The molecular weight excluding hydrogens is 598 g/mol. The Hall–Kier alpha value is -4.63. The van der Waals surface area contributed by atoms with Crippen molar-refractivity contribution >= 4 is 27.5 Å². The molecule has 0 saturated carbocycles. The van der Waals surface area contributed by atoms with E-state index in [0.717, 1.165) is 33.0 Å². The van der Waals surface area contributed by atoms with Crippen LogP contribution >= 0.6 is 0 Å². The SMILES string of the molecule is CCC(C)NC(=O)C(Cc1ccccc1)N(Cc1ccccc1C)C(=O)CN(c1ccc(C)cc1)S(=O)(=O)c1ccc(OC)cc1. The maximum atomic E-state index is 14.6. The topological polar surface area (TPSA) is 96.0 Å². The van der Waals surface area contributed by atoms with Gasteiger partial charge in [0.2, 0.25) is 11.8 Å². The minimum atomic E-state index is -4.20. The molecule has 0 heterocycles. The van der Waals surface area contributed by atoms with Gasteiger partial charge in [-0.3, -0.25) is 13.9 Å². The molecule has 46 heavy (non-hydrogen) atoms. The van der Waals surface area contributed by atoms with Crippen LogP contribution in [-0.4, -0.2) is 50.9 Å². The molecule has 9 heteroatoms. The van der Waals surface area contributed by atoms with Gasteiger partial charge < -0.3 is 15.0 Å². The fourth-order valence-corrected chi connectivity index (χ4v) is 6.49. The van der Waals surface area contributed by atoms with Gasteiger partial charge in [0, 0.05) is 19.0 Å².